The second kappa shape index (κ2) is 4.83. The fraction of sp³-hybridized carbons (Fsp3) is 0.400. The fourth-order valence-electron chi connectivity index (χ4n) is 1.33. The van der Waals surface area contributed by atoms with E-state index in [1.165, 1.54) is 0 Å². The summed E-state index contributed by atoms with van der Waals surface area (Å²) < 4.78 is 10.2. The molecule has 0 aliphatic rings. The fourth-order valence-corrected chi connectivity index (χ4v) is 1.33. The molecule has 0 saturated carbocycles. The number of aliphatic hydroxyl groups excluding tert-OH is 1. The first-order chi connectivity index (χ1) is 6.74. The zero-order chi connectivity index (χ0) is 10.6. The van der Waals surface area contributed by atoms with Gasteiger partial charge in [-0.2, -0.15) is 0 Å². The third-order valence-corrected chi connectivity index (χ3v) is 2.02. The molecule has 0 bridgehead atoms. The maximum Gasteiger partial charge on any atom is 0.128 e. The summed E-state index contributed by atoms with van der Waals surface area (Å²) >= 11 is 0. The van der Waals surface area contributed by atoms with Crippen molar-refractivity contribution in [1.29, 1.82) is 0 Å². The van der Waals surface area contributed by atoms with Crippen LogP contribution < -0.4 is 15.2 Å². The van der Waals surface area contributed by atoms with Crippen LogP contribution in [0.15, 0.2) is 18.2 Å². The summed E-state index contributed by atoms with van der Waals surface area (Å²) in [6.45, 7) is 0.136. The summed E-state index contributed by atoms with van der Waals surface area (Å²) in [7, 11) is 3.09. The van der Waals surface area contributed by atoms with Gasteiger partial charge < -0.3 is 20.3 Å². The average Bonchev–Trinajstić information content (AvgIpc) is 2.26. The smallest absolute Gasteiger partial charge is 0.128 e. The predicted molar refractivity (Wildman–Crippen MR) is 53.6 cm³/mol. The molecule has 78 valence electrons. The maximum absolute atomic E-state index is 9.67. The highest BCUT2D eigenvalue weighted by Crippen LogP contribution is 2.33. The lowest BCUT2D eigenvalue weighted by Gasteiger charge is -2.16. The summed E-state index contributed by atoms with van der Waals surface area (Å²) in [6.07, 6.45) is -0.763. The Morgan fingerprint density at radius 1 is 1.29 bits per heavy atom. The molecular weight excluding hydrogens is 182 g/mol. The summed E-state index contributed by atoms with van der Waals surface area (Å²) in [6, 6.07) is 5.32. The third-order valence-electron chi connectivity index (χ3n) is 2.02. The van der Waals surface area contributed by atoms with E-state index in [4.69, 9.17) is 15.2 Å². The normalized spacial score (nSPS) is 12.3. The molecule has 0 amide bonds. The minimum Gasteiger partial charge on any atom is -0.496 e. The van der Waals surface area contributed by atoms with Crippen molar-refractivity contribution < 1.29 is 14.6 Å². The molecule has 1 rings (SSSR count). The number of hydrogen-bond donors (Lipinski definition) is 2. The van der Waals surface area contributed by atoms with Gasteiger partial charge in [0.15, 0.2) is 0 Å². The number of hydrogen-bond acceptors (Lipinski definition) is 4. The highest BCUT2D eigenvalue weighted by Gasteiger charge is 2.16. The van der Waals surface area contributed by atoms with Crippen LogP contribution in [0.3, 0.4) is 0 Å². The van der Waals surface area contributed by atoms with Crippen molar-refractivity contribution in [1.82, 2.24) is 0 Å². The van der Waals surface area contributed by atoms with Gasteiger partial charge in [-0.1, -0.05) is 6.07 Å². The van der Waals surface area contributed by atoms with Crippen molar-refractivity contribution >= 4 is 0 Å². The number of benzene rings is 1. The zero-order valence-corrected chi connectivity index (χ0v) is 8.36. The molecule has 3 N–H and O–H groups in total. The van der Waals surface area contributed by atoms with Crippen LogP contribution >= 0.6 is 0 Å². The molecule has 4 nitrogen and oxygen atoms in total. The molecular formula is C10H15NO3. The van der Waals surface area contributed by atoms with Crippen LogP contribution in [0.5, 0.6) is 11.5 Å². The van der Waals surface area contributed by atoms with Crippen molar-refractivity contribution in [3.63, 3.8) is 0 Å². The van der Waals surface area contributed by atoms with Gasteiger partial charge in [0.2, 0.25) is 0 Å². The summed E-state index contributed by atoms with van der Waals surface area (Å²) in [5.41, 5.74) is 5.99. The van der Waals surface area contributed by atoms with E-state index in [1.807, 2.05) is 0 Å². The van der Waals surface area contributed by atoms with Gasteiger partial charge in [-0.15, -0.1) is 0 Å². The predicted octanol–water partition coefficient (Wildman–Crippen LogP) is 0.696. The van der Waals surface area contributed by atoms with Crippen LogP contribution in [0.4, 0.5) is 0 Å². The Bertz CT molecular complexity index is 279. The number of nitrogens with two attached hydrogens (primary N) is 1. The Morgan fingerprint density at radius 3 is 2.14 bits per heavy atom. The van der Waals surface area contributed by atoms with Crippen molar-refractivity contribution in [2.75, 3.05) is 20.8 Å². The van der Waals surface area contributed by atoms with E-state index < -0.39 is 6.10 Å². The van der Waals surface area contributed by atoms with Crippen LogP contribution in [0.2, 0.25) is 0 Å². The highest BCUT2D eigenvalue weighted by molar-refractivity contribution is 5.46. The van der Waals surface area contributed by atoms with Crippen molar-refractivity contribution in [2.24, 2.45) is 5.73 Å². The van der Waals surface area contributed by atoms with Gasteiger partial charge >= 0.3 is 0 Å². The number of aliphatic hydroxyl groups is 1. The molecule has 0 radical (unpaired) electrons. The van der Waals surface area contributed by atoms with E-state index in [9.17, 15) is 5.11 Å². The molecule has 0 aromatic heterocycles. The van der Waals surface area contributed by atoms with E-state index >= 15 is 0 Å². The first-order valence-electron chi connectivity index (χ1n) is 4.33. The quantitative estimate of drug-likeness (QED) is 0.745. The number of rotatable bonds is 4. The van der Waals surface area contributed by atoms with Crippen molar-refractivity contribution in [3.05, 3.63) is 23.8 Å². The van der Waals surface area contributed by atoms with E-state index in [0.717, 1.165) is 0 Å². The molecule has 0 unspecified atom stereocenters. The molecule has 1 atom stereocenters. The lowest BCUT2D eigenvalue weighted by Crippen LogP contribution is -2.13. The third kappa shape index (κ3) is 1.97. The molecule has 0 heterocycles. The first-order valence-corrected chi connectivity index (χ1v) is 4.33. The van der Waals surface area contributed by atoms with Crippen LogP contribution in [0.1, 0.15) is 11.7 Å². The van der Waals surface area contributed by atoms with Crippen LogP contribution in [-0.4, -0.2) is 25.9 Å². The molecule has 1 aromatic carbocycles. The standard InChI is InChI=1S/C10H15NO3/c1-13-8-4-3-5-9(14-2)10(8)7(12)6-11/h3-5,7,12H,6,11H2,1-2H3/t7-/m0/s1. The molecule has 0 saturated heterocycles. The van der Waals surface area contributed by atoms with E-state index in [2.05, 4.69) is 0 Å². The van der Waals surface area contributed by atoms with Gasteiger partial charge in [-0.3, -0.25) is 0 Å². The average molecular weight is 197 g/mol. The molecule has 0 aliphatic heterocycles. The highest BCUT2D eigenvalue weighted by atomic mass is 16.5. The van der Waals surface area contributed by atoms with Gasteiger partial charge in [0.05, 0.1) is 25.9 Å². The molecule has 0 fully saturated rings. The molecule has 0 aliphatic carbocycles. The molecule has 1 aromatic rings. The number of methoxy groups -OCH3 is 2. The van der Waals surface area contributed by atoms with E-state index in [0.29, 0.717) is 17.1 Å². The van der Waals surface area contributed by atoms with Crippen molar-refractivity contribution in [3.8, 4) is 11.5 Å². The van der Waals surface area contributed by atoms with E-state index in [-0.39, 0.29) is 6.54 Å². The minimum absolute atomic E-state index is 0.136. The topological polar surface area (TPSA) is 64.7 Å². The molecule has 4 heteroatoms. The summed E-state index contributed by atoms with van der Waals surface area (Å²) in [5, 5.41) is 9.67. The van der Waals surface area contributed by atoms with Crippen LogP contribution in [0, 0.1) is 0 Å². The molecule has 14 heavy (non-hydrogen) atoms. The van der Waals surface area contributed by atoms with Crippen LogP contribution in [0.25, 0.3) is 0 Å². The largest absolute Gasteiger partial charge is 0.496 e. The summed E-state index contributed by atoms with van der Waals surface area (Å²) in [4.78, 5) is 0. The first kappa shape index (κ1) is 10.8. The van der Waals surface area contributed by atoms with Gasteiger partial charge in [-0.05, 0) is 12.1 Å². The minimum atomic E-state index is -0.763. The zero-order valence-electron chi connectivity index (χ0n) is 8.36. The Morgan fingerprint density at radius 2 is 1.79 bits per heavy atom. The molecule has 0 spiro atoms. The van der Waals surface area contributed by atoms with Gasteiger partial charge in [0.1, 0.15) is 11.5 Å². The Labute approximate surface area is 83.3 Å². The number of ether oxygens (including phenoxy) is 2. The van der Waals surface area contributed by atoms with Gasteiger partial charge in [-0.25, -0.2) is 0 Å². The lowest BCUT2D eigenvalue weighted by molar-refractivity contribution is 0.177. The second-order valence-electron chi connectivity index (χ2n) is 2.83. The van der Waals surface area contributed by atoms with Gasteiger partial charge in [0.25, 0.3) is 0 Å². The Balaban J connectivity index is 3.18. The monoisotopic (exact) mass is 197 g/mol. The summed E-state index contributed by atoms with van der Waals surface area (Å²) in [5.74, 6) is 1.17. The van der Waals surface area contributed by atoms with Gasteiger partial charge in [0, 0.05) is 6.54 Å². The van der Waals surface area contributed by atoms with Crippen molar-refractivity contribution in [2.45, 2.75) is 6.10 Å². The van der Waals surface area contributed by atoms with E-state index in [1.54, 1.807) is 32.4 Å². The second-order valence-corrected chi connectivity index (χ2v) is 2.83. The maximum atomic E-state index is 9.67. The Hall–Kier alpha value is -1.26. The van der Waals surface area contributed by atoms with Crippen LogP contribution in [-0.2, 0) is 0 Å². The lowest BCUT2D eigenvalue weighted by atomic mass is 10.1. The Kier molecular flexibility index (Phi) is 3.73. The SMILES string of the molecule is COc1cccc(OC)c1[C@@H](O)CN.